The third-order valence-electron chi connectivity index (χ3n) is 4.13. The molecule has 0 aliphatic carbocycles. The minimum Gasteiger partial charge on any atom is -0.399 e. The number of nitrogens with two attached hydrogens (primary N) is 1. The summed E-state index contributed by atoms with van der Waals surface area (Å²) < 4.78 is 0. The molecule has 3 aromatic rings. The highest BCUT2D eigenvalue weighted by atomic mass is 16.1. The monoisotopic (exact) mass is 342 g/mol. The molecule has 26 heavy (non-hydrogen) atoms. The fraction of sp³-hybridized carbons (Fsp3) is 0.0870. The van der Waals surface area contributed by atoms with E-state index in [1.807, 2.05) is 85.8 Å². The summed E-state index contributed by atoms with van der Waals surface area (Å²) in [4.78, 5) is 12.7. The summed E-state index contributed by atoms with van der Waals surface area (Å²) in [7, 11) is 0. The predicted octanol–water partition coefficient (Wildman–Crippen LogP) is 4.59. The third kappa shape index (κ3) is 4.61. The number of hydrogen-bond acceptors (Lipinski definition) is 3. The van der Waals surface area contributed by atoms with Gasteiger partial charge in [0.25, 0.3) is 0 Å². The fourth-order valence-electron chi connectivity index (χ4n) is 2.70. The Hall–Kier alpha value is -3.33. The molecule has 130 valence electrons. The first-order valence-corrected chi connectivity index (χ1v) is 8.58. The van der Waals surface area contributed by atoms with Crippen molar-refractivity contribution in [3.05, 3.63) is 107 Å². The van der Waals surface area contributed by atoms with Gasteiger partial charge in [-0.1, -0.05) is 66.2 Å². The largest absolute Gasteiger partial charge is 0.399 e. The molecule has 0 fully saturated rings. The summed E-state index contributed by atoms with van der Waals surface area (Å²) in [5.74, 6) is -0.0163. The molecule has 0 spiro atoms. The summed E-state index contributed by atoms with van der Waals surface area (Å²) in [6, 6.07) is 25.2. The zero-order chi connectivity index (χ0) is 18.4. The van der Waals surface area contributed by atoms with Crippen molar-refractivity contribution in [3.63, 3.8) is 0 Å². The Morgan fingerprint density at radius 2 is 1.62 bits per heavy atom. The van der Waals surface area contributed by atoms with E-state index in [1.165, 1.54) is 0 Å². The molecule has 0 heterocycles. The van der Waals surface area contributed by atoms with Crippen LogP contribution in [0.2, 0.25) is 0 Å². The Kier molecular flexibility index (Phi) is 5.49. The second kappa shape index (κ2) is 8.17. The maximum Gasteiger partial charge on any atom is 0.187 e. The van der Waals surface area contributed by atoms with Crippen LogP contribution in [0.3, 0.4) is 0 Å². The Bertz CT molecular complexity index is 912. The minimum atomic E-state index is -0.0163. The second-order valence-electron chi connectivity index (χ2n) is 6.25. The van der Waals surface area contributed by atoms with E-state index in [9.17, 15) is 4.79 Å². The molecule has 0 amide bonds. The average molecular weight is 342 g/mol. The van der Waals surface area contributed by atoms with E-state index in [-0.39, 0.29) is 5.78 Å². The first-order chi connectivity index (χ1) is 12.6. The molecular formula is C23H22N2O. The Labute approximate surface area is 154 Å². The zero-order valence-corrected chi connectivity index (χ0v) is 14.8. The zero-order valence-electron chi connectivity index (χ0n) is 14.8. The van der Waals surface area contributed by atoms with Crippen LogP contribution in [-0.4, -0.2) is 5.78 Å². The van der Waals surface area contributed by atoms with Crippen molar-refractivity contribution in [2.75, 3.05) is 5.73 Å². The summed E-state index contributed by atoms with van der Waals surface area (Å²) in [5.41, 5.74) is 11.1. The standard InChI is InChI=1S/C23H22N2O/c1-17-6-5-9-20(14-17)23(26)15-22(19-7-3-2-4-8-19)25-16-18-10-12-21(24)13-11-18/h2-15,25H,16,24H2,1H3/b22-15-. The number of carbonyl (C=O) groups excluding carboxylic acids is 1. The first-order valence-electron chi connectivity index (χ1n) is 8.58. The topological polar surface area (TPSA) is 55.1 Å². The van der Waals surface area contributed by atoms with Crippen molar-refractivity contribution in [2.45, 2.75) is 13.5 Å². The molecule has 0 saturated heterocycles. The molecule has 0 atom stereocenters. The lowest BCUT2D eigenvalue weighted by molar-refractivity contribution is 0.104. The maximum atomic E-state index is 12.7. The molecule has 0 unspecified atom stereocenters. The third-order valence-corrected chi connectivity index (χ3v) is 4.13. The van der Waals surface area contributed by atoms with Crippen LogP contribution < -0.4 is 11.1 Å². The molecular weight excluding hydrogens is 320 g/mol. The van der Waals surface area contributed by atoms with Gasteiger partial charge in [0.05, 0.1) is 0 Å². The van der Waals surface area contributed by atoms with Crippen LogP contribution in [0.15, 0.2) is 84.9 Å². The number of hydrogen-bond donors (Lipinski definition) is 2. The Balaban J connectivity index is 1.85. The van der Waals surface area contributed by atoms with E-state index in [4.69, 9.17) is 5.73 Å². The first kappa shape index (κ1) is 17.5. The minimum absolute atomic E-state index is 0.0163. The highest BCUT2D eigenvalue weighted by molar-refractivity contribution is 6.08. The number of anilines is 1. The van der Waals surface area contributed by atoms with Crippen LogP contribution in [0.5, 0.6) is 0 Å². The van der Waals surface area contributed by atoms with Crippen LogP contribution in [0.1, 0.15) is 27.0 Å². The Morgan fingerprint density at radius 1 is 0.923 bits per heavy atom. The van der Waals surface area contributed by atoms with Gasteiger partial charge in [-0.05, 0) is 36.2 Å². The van der Waals surface area contributed by atoms with Crippen LogP contribution in [-0.2, 0) is 6.54 Å². The molecule has 0 saturated carbocycles. The van der Waals surface area contributed by atoms with Gasteiger partial charge in [-0.25, -0.2) is 0 Å². The van der Waals surface area contributed by atoms with Crippen LogP contribution >= 0.6 is 0 Å². The highest BCUT2D eigenvalue weighted by Crippen LogP contribution is 2.15. The number of ketones is 1. The van der Waals surface area contributed by atoms with E-state index in [1.54, 1.807) is 6.08 Å². The lowest BCUT2D eigenvalue weighted by Crippen LogP contribution is -2.13. The van der Waals surface area contributed by atoms with Crippen molar-refractivity contribution in [1.29, 1.82) is 0 Å². The fourth-order valence-corrected chi connectivity index (χ4v) is 2.70. The average Bonchev–Trinajstić information content (AvgIpc) is 2.67. The van der Waals surface area contributed by atoms with Crippen LogP contribution in [0.4, 0.5) is 5.69 Å². The second-order valence-corrected chi connectivity index (χ2v) is 6.25. The number of nitrogen functional groups attached to an aromatic ring is 1. The molecule has 0 aliphatic heterocycles. The van der Waals surface area contributed by atoms with Gasteiger partial charge >= 0.3 is 0 Å². The van der Waals surface area contributed by atoms with Gasteiger partial charge in [-0.15, -0.1) is 0 Å². The number of allylic oxidation sites excluding steroid dienone is 1. The van der Waals surface area contributed by atoms with Crippen molar-refractivity contribution in [1.82, 2.24) is 5.32 Å². The maximum absolute atomic E-state index is 12.7. The molecule has 3 N–H and O–H groups in total. The van der Waals surface area contributed by atoms with Gasteiger partial charge in [0.2, 0.25) is 0 Å². The van der Waals surface area contributed by atoms with Crippen LogP contribution in [0.25, 0.3) is 5.70 Å². The van der Waals surface area contributed by atoms with Gasteiger partial charge in [0.15, 0.2) is 5.78 Å². The van der Waals surface area contributed by atoms with E-state index in [0.29, 0.717) is 12.1 Å². The molecule has 3 nitrogen and oxygen atoms in total. The molecule has 0 aliphatic rings. The lowest BCUT2D eigenvalue weighted by atomic mass is 10.0. The predicted molar refractivity (Wildman–Crippen MR) is 108 cm³/mol. The van der Waals surface area contributed by atoms with Crippen molar-refractivity contribution in [2.24, 2.45) is 0 Å². The molecule has 0 bridgehead atoms. The molecule has 3 aromatic carbocycles. The van der Waals surface area contributed by atoms with Gasteiger partial charge in [0, 0.05) is 29.6 Å². The quantitative estimate of drug-likeness (QED) is 0.391. The number of aryl methyl sites for hydroxylation is 1. The molecule has 3 heteroatoms. The van der Waals surface area contributed by atoms with Gasteiger partial charge in [0.1, 0.15) is 0 Å². The number of nitrogens with one attached hydrogen (secondary N) is 1. The number of rotatable bonds is 6. The summed E-state index contributed by atoms with van der Waals surface area (Å²) in [5, 5.41) is 3.39. The van der Waals surface area contributed by atoms with E-state index in [0.717, 1.165) is 28.1 Å². The van der Waals surface area contributed by atoms with Gasteiger partial charge in [-0.2, -0.15) is 0 Å². The highest BCUT2D eigenvalue weighted by Gasteiger charge is 2.08. The van der Waals surface area contributed by atoms with Crippen molar-refractivity contribution >= 4 is 17.2 Å². The molecule has 0 aromatic heterocycles. The Morgan fingerprint density at radius 3 is 2.31 bits per heavy atom. The van der Waals surface area contributed by atoms with E-state index >= 15 is 0 Å². The molecule has 3 rings (SSSR count). The van der Waals surface area contributed by atoms with Crippen molar-refractivity contribution in [3.8, 4) is 0 Å². The van der Waals surface area contributed by atoms with Crippen LogP contribution in [0, 0.1) is 6.92 Å². The van der Waals surface area contributed by atoms with Gasteiger partial charge in [-0.3, -0.25) is 4.79 Å². The molecule has 0 radical (unpaired) electrons. The summed E-state index contributed by atoms with van der Waals surface area (Å²) in [6.45, 7) is 2.60. The van der Waals surface area contributed by atoms with E-state index in [2.05, 4.69) is 5.32 Å². The van der Waals surface area contributed by atoms with Gasteiger partial charge < -0.3 is 11.1 Å². The van der Waals surface area contributed by atoms with E-state index < -0.39 is 0 Å². The number of benzene rings is 3. The smallest absolute Gasteiger partial charge is 0.187 e. The summed E-state index contributed by atoms with van der Waals surface area (Å²) >= 11 is 0. The SMILES string of the molecule is Cc1cccc(C(=O)/C=C(\NCc2ccc(N)cc2)c2ccccc2)c1. The number of carbonyl (C=O) groups is 1. The van der Waals surface area contributed by atoms with Crippen molar-refractivity contribution < 1.29 is 4.79 Å². The normalized spacial score (nSPS) is 11.2. The lowest BCUT2D eigenvalue weighted by Gasteiger charge is -2.12. The summed E-state index contributed by atoms with van der Waals surface area (Å²) in [6.07, 6.45) is 1.67.